The third kappa shape index (κ3) is 3.74. The Morgan fingerprint density at radius 2 is 1.52 bits per heavy atom. The van der Waals surface area contributed by atoms with Crippen molar-refractivity contribution >= 4 is 11.4 Å². The average Bonchev–Trinajstić information content (AvgIpc) is 2.80. The highest BCUT2D eigenvalue weighted by Gasteiger charge is 2.21. The quantitative estimate of drug-likeness (QED) is 0.772. The molecule has 0 saturated carbocycles. The Balaban J connectivity index is 1.51. The van der Waals surface area contributed by atoms with E-state index in [0.29, 0.717) is 0 Å². The molecule has 2 heterocycles. The van der Waals surface area contributed by atoms with Gasteiger partial charge in [0.25, 0.3) is 0 Å². The molecule has 132 valence electrons. The third-order valence-electron chi connectivity index (χ3n) is 5.83. The number of nitrogens with zero attached hydrogens (tertiary/aromatic N) is 2. The fourth-order valence-electron chi connectivity index (χ4n) is 4.55. The number of hydrogen-bond acceptors (Lipinski definition) is 2. The highest BCUT2D eigenvalue weighted by molar-refractivity contribution is 5.71. The summed E-state index contributed by atoms with van der Waals surface area (Å²) in [6, 6.07) is 18.0. The van der Waals surface area contributed by atoms with Crippen molar-refractivity contribution in [3.8, 4) is 0 Å². The molecule has 0 radical (unpaired) electrons. The van der Waals surface area contributed by atoms with Gasteiger partial charge >= 0.3 is 0 Å². The lowest BCUT2D eigenvalue weighted by atomic mass is 10.0. The number of benzene rings is 2. The molecule has 0 amide bonds. The van der Waals surface area contributed by atoms with Gasteiger partial charge in [0.1, 0.15) is 0 Å². The van der Waals surface area contributed by atoms with Gasteiger partial charge in [-0.3, -0.25) is 0 Å². The second-order valence-electron chi connectivity index (χ2n) is 7.81. The molecule has 25 heavy (non-hydrogen) atoms. The van der Waals surface area contributed by atoms with Crippen molar-refractivity contribution in [3.63, 3.8) is 0 Å². The summed E-state index contributed by atoms with van der Waals surface area (Å²) in [7, 11) is 0. The van der Waals surface area contributed by atoms with Crippen molar-refractivity contribution in [3.05, 3.63) is 59.7 Å². The summed E-state index contributed by atoms with van der Waals surface area (Å²) in [5, 5.41) is 0. The largest absolute Gasteiger partial charge is 0.341 e. The van der Waals surface area contributed by atoms with Gasteiger partial charge in [-0.1, -0.05) is 43.3 Å². The number of likely N-dealkylation sites (tertiary alicyclic amines) is 1. The zero-order chi connectivity index (χ0) is 17.1. The third-order valence-corrected chi connectivity index (χ3v) is 5.83. The minimum Gasteiger partial charge on any atom is -0.341 e. The van der Waals surface area contributed by atoms with Gasteiger partial charge in [0.15, 0.2) is 0 Å². The Bertz CT molecular complexity index is 661. The van der Waals surface area contributed by atoms with E-state index in [4.69, 9.17) is 0 Å². The first kappa shape index (κ1) is 16.7. The number of anilines is 2. The van der Waals surface area contributed by atoms with Crippen molar-refractivity contribution in [2.75, 3.05) is 31.1 Å². The molecule has 1 saturated heterocycles. The number of para-hydroxylation sites is 2. The van der Waals surface area contributed by atoms with Gasteiger partial charge in [-0.05, 0) is 74.4 Å². The monoisotopic (exact) mass is 334 g/mol. The van der Waals surface area contributed by atoms with E-state index in [1.807, 2.05) is 0 Å². The molecule has 0 N–H and O–H groups in total. The number of piperidine rings is 1. The van der Waals surface area contributed by atoms with Gasteiger partial charge in [-0.15, -0.1) is 0 Å². The summed E-state index contributed by atoms with van der Waals surface area (Å²) < 4.78 is 0. The van der Waals surface area contributed by atoms with Crippen LogP contribution < -0.4 is 4.90 Å². The van der Waals surface area contributed by atoms with Crippen molar-refractivity contribution in [1.29, 1.82) is 0 Å². The Hall–Kier alpha value is -1.80. The molecule has 4 rings (SSSR count). The van der Waals surface area contributed by atoms with Crippen LogP contribution in [0.25, 0.3) is 0 Å². The van der Waals surface area contributed by atoms with E-state index in [1.165, 1.54) is 61.4 Å². The molecule has 1 unspecified atom stereocenters. The maximum absolute atomic E-state index is 2.67. The van der Waals surface area contributed by atoms with Gasteiger partial charge in [0.2, 0.25) is 0 Å². The molecular formula is C23H30N2. The summed E-state index contributed by atoms with van der Waals surface area (Å²) in [4.78, 5) is 5.24. The van der Waals surface area contributed by atoms with Crippen LogP contribution in [0.4, 0.5) is 11.4 Å². The van der Waals surface area contributed by atoms with Crippen LogP contribution in [0.1, 0.15) is 37.3 Å². The van der Waals surface area contributed by atoms with Crippen molar-refractivity contribution in [1.82, 2.24) is 4.90 Å². The lowest BCUT2D eigenvalue weighted by molar-refractivity contribution is 0.183. The summed E-state index contributed by atoms with van der Waals surface area (Å²) in [5.41, 5.74) is 5.81. The van der Waals surface area contributed by atoms with Crippen LogP contribution in [0, 0.1) is 5.92 Å². The second kappa shape index (κ2) is 7.61. The number of hydrogen-bond donors (Lipinski definition) is 0. The predicted molar refractivity (Wildman–Crippen MR) is 107 cm³/mol. The van der Waals surface area contributed by atoms with E-state index in [0.717, 1.165) is 25.3 Å². The molecule has 2 aliphatic rings. The van der Waals surface area contributed by atoms with Crippen LogP contribution in [0.15, 0.2) is 48.5 Å². The van der Waals surface area contributed by atoms with Crippen LogP contribution in [0.2, 0.25) is 0 Å². The van der Waals surface area contributed by atoms with Crippen LogP contribution in [-0.4, -0.2) is 31.1 Å². The average molecular weight is 335 g/mol. The first-order chi connectivity index (χ1) is 12.3. The zero-order valence-electron chi connectivity index (χ0n) is 15.5. The molecule has 0 aliphatic carbocycles. The van der Waals surface area contributed by atoms with Crippen LogP contribution in [-0.2, 0) is 12.8 Å². The normalized spacial score (nSPS) is 20.7. The molecule has 2 heteroatoms. The smallest absolute Gasteiger partial charge is 0.0443 e. The minimum absolute atomic E-state index is 0.869. The summed E-state index contributed by atoms with van der Waals surface area (Å²) in [6.07, 6.45) is 6.30. The molecule has 1 fully saturated rings. The van der Waals surface area contributed by atoms with Crippen LogP contribution >= 0.6 is 0 Å². The Kier molecular flexibility index (Phi) is 5.07. The van der Waals surface area contributed by atoms with E-state index in [-0.39, 0.29) is 0 Å². The summed E-state index contributed by atoms with van der Waals surface area (Å²) in [5.74, 6) is 0.869. The fourth-order valence-corrected chi connectivity index (χ4v) is 4.55. The molecule has 1 atom stereocenters. The number of rotatable bonds is 4. The van der Waals surface area contributed by atoms with E-state index in [1.54, 1.807) is 0 Å². The summed E-state index contributed by atoms with van der Waals surface area (Å²) in [6.45, 7) is 7.31. The topological polar surface area (TPSA) is 6.48 Å². The van der Waals surface area contributed by atoms with Gasteiger partial charge in [-0.2, -0.15) is 0 Å². The molecule has 2 aliphatic heterocycles. The Labute approximate surface area is 152 Å². The Morgan fingerprint density at radius 3 is 2.16 bits per heavy atom. The maximum Gasteiger partial charge on any atom is 0.0443 e. The van der Waals surface area contributed by atoms with Gasteiger partial charge in [0.05, 0.1) is 0 Å². The van der Waals surface area contributed by atoms with Crippen molar-refractivity contribution in [2.24, 2.45) is 5.92 Å². The van der Waals surface area contributed by atoms with Gasteiger partial charge in [0, 0.05) is 24.5 Å². The Morgan fingerprint density at radius 1 is 0.880 bits per heavy atom. The van der Waals surface area contributed by atoms with Crippen LogP contribution in [0.3, 0.4) is 0 Å². The van der Waals surface area contributed by atoms with Crippen LogP contribution in [0.5, 0.6) is 0 Å². The molecule has 2 aromatic rings. The molecule has 2 nitrogen and oxygen atoms in total. The number of aryl methyl sites for hydroxylation is 2. The van der Waals surface area contributed by atoms with E-state index >= 15 is 0 Å². The lowest BCUT2D eigenvalue weighted by Crippen LogP contribution is -2.36. The zero-order valence-corrected chi connectivity index (χ0v) is 15.5. The van der Waals surface area contributed by atoms with E-state index in [2.05, 4.69) is 65.3 Å². The molecule has 0 bridgehead atoms. The summed E-state index contributed by atoms with van der Waals surface area (Å²) >= 11 is 0. The molecule has 0 aromatic heterocycles. The lowest BCUT2D eigenvalue weighted by Gasteiger charge is -2.32. The predicted octanol–water partition coefficient (Wildman–Crippen LogP) is 5.05. The standard InChI is InChI=1S/C23H30N2/c1-19-8-6-15-24(18-19)16-7-17-25-22-11-4-2-9-20(22)13-14-21-10-3-5-12-23(21)25/h2-5,9-12,19H,6-8,13-18H2,1H3. The van der Waals surface area contributed by atoms with Gasteiger partial charge in [-0.25, -0.2) is 0 Å². The number of fused-ring (bicyclic) bond motifs is 2. The minimum atomic E-state index is 0.869. The SMILES string of the molecule is CC1CCCN(CCCN2c3ccccc3CCc3ccccc32)C1. The second-order valence-corrected chi connectivity index (χ2v) is 7.81. The highest BCUT2D eigenvalue weighted by Crippen LogP contribution is 2.35. The van der Waals surface area contributed by atoms with E-state index in [9.17, 15) is 0 Å². The van der Waals surface area contributed by atoms with Gasteiger partial charge < -0.3 is 9.80 Å². The highest BCUT2D eigenvalue weighted by atomic mass is 15.2. The van der Waals surface area contributed by atoms with Crippen molar-refractivity contribution < 1.29 is 0 Å². The first-order valence-corrected chi connectivity index (χ1v) is 9.97. The first-order valence-electron chi connectivity index (χ1n) is 9.97. The van der Waals surface area contributed by atoms with E-state index < -0.39 is 0 Å². The maximum atomic E-state index is 2.67. The molecular weight excluding hydrogens is 304 g/mol. The fraction of sp³-hybridized carbons (Fsp3) is 0.478. The van der Waals surface area contributed by atoms with Crippen molar-refractivity contribution in [2.45, 2.75) is 39.0 Å². The molecule has 2 aromatic carbocycles. The molecule has 0 spiro atoms.